The second-order valence-corrected chi connectivity index (χ2v) is 8.45. The van der Waals surface area contributed by atoms with Crippen molar-refractivity contribution >= 4 is 27.5 Å². The molecule has 0 unspecified atom stereocenters. The third-order valence-corrected chi connectivity index (χ3v) is 6.01. The molecule has 4 bridgehead atoms. The summed E-state index contributed by atoms with van der Waals surface area (Å²) in [5, 5.41) is 15.9. The molecule has 150 valence electrons. The first-order valence-corrected chi connectivity index (χ1v) is 10.8. The first kappa shape index (κ1) is 19.2. The molecule has 8 nitrogen and oxygen atoms in total. The molecule has 0 atom stereocenters. The Kier molecular flexibility index (Phi) is 5.32. The molecule has 0 radical (unpaired) electrons. The Morgan fingerprint density at radius 2 is 1.79 bits per heavy atom. The topological polar surface area (TPSA) is 116 Å². The Balaban J connectivity index is 1.73. The summed E-state index contributed by atoms with van der Waals surface area (Å²) < 4.78 is 27.5. The number of nitrogens with one attached hydrogen (secondary N) is 3. The van der Waals surface area contributed by atoms with Crippen molar-refractivity contribution in [1.29, 1.82) is 0 Å². The van der Waals surface area contributed by atoms with Gasteiger partial charge in [0.2, 0.25) is 16.0 Å². The van der Waals surface area contributed by atoms with E-state index in [2.05, 4.69) is 25.3 Å². The molecule has 4 N–H and O–H groups in total. The third kappa shape index (κ3) is 4.47. The summed E-state index contributed by atoms with van der Waals surface area (Å²) in [6, 6.07) is 13.4. The van der Waals surface area contributed by atoms with E-state index in [1.54, 1.807) is 42.6 Å². The predicted octanol–water partition coefficient (Wildman–Crippen LogP) is 3.08. The van der Waals surface area contributed by atoms with Crippen LogP contribution in [0.5, 0.6) is 5.75 Å². The van der Waals surface area contributed by atoms with Gasteiger partial charge in [0.1, 0.15) is 11.6 Å². The minimum Gasteiger partial charge on any atom is -0.508 e. The Morgan fingerprint density at radius 3 is 2.62 bits per heavy atom. The second-order valence-electron chi connectivity index (χ2n) is 6.69. The van der Waals surface area contributed by atoms with Crippen molar-refractivity contribution in [2.24, 2.45) is 0 Å². The molecule has 2 aromatic carbocycles. The maximum absolute atomic E-state index is 12.4. The normalized spacial score (nSPS) is 16.1. The zero-order valence-corrected chi connectivity index (χ0v) is 16.4. The number of phenolic OH excluding ortho intramolecular Hbond substituents is 1. The first-order valence-electron chi connectivity index (χ1n) is 9.28. The number of fused-ring (bicyclic) bond motifs is 4. The number of anilines is 3. The van der Waals surface area contributed by atoms with Crippen molar-refractivity contribution in [3.63, 3.8) is 0 Å². The van der Waals surface area contributed by atoms with Crippen LogP contribution in [0.1, 0.15) is 12.8 Å². The van der Waals surface area contributed by atoms with Crippen molar-refractivity contribution in [2.45, 2.75) is 17.7 Å². The van der Waals surface area contributed by atoms with Gasteiger partial charge in [-0.15, -0.1) is 0 Å². The fourth-order valence-corrected chi connectivity index (χ4v) is 4.17. The van der Waals surface area contributed by atoms with Gasteiger partial charge in [0.05, 0.1) is 4.90 Å². The lowest BCUT2D eigenvalue weighted by molar-refractivity contribution is 0.475. The van der Waals surface area contributed by atoms with Gasteiger partial charge in [-0.05, 0) is 48.7 Å². The molecule has 4 rings (SSSR count). The van der Waals surface area contributed by atoms with Crippen molar-refractivity contribution in [3.8, 4) is 16.9 Å². The molecule has 9 heteroatoms. The van der Waals surface area contributed by atoms with E-state index in [0.29, 0.717) is 37.0 Å². The zero-order valence-electron chi connectivity index (χ0n) is 15.6. The van der Waals surface area contributed by atoms with E-state index >= 15 is 0 Å². The molecule has 0 saturated carbocycles. The Bertz CT molecular complexity index is 1120. The third-order valence-electron chi connectivity index (χ3n) is 4.56. The highest BCUT2D eigenvalue weighted by Crippen LogP contribution is 2.29. The highest BCUT2D eigenvalue weighted by molar-refractivity contribution is 7.89. The van der Waals surface area contributed by atoms with Gasteiger partial charge in [-0.2, -0.15) is 4.98 Å². The molecule has 1 aromatic heterocycles. The molecular weight excluding hydrogens is 390 g/mol. The number of aromatic nitrogens is 2. The molecule has 3 aromatic rings. The van der Waals surface area contributed by atoms with Crippen LogP contribution in [0.4, 0.5) is 17.5 Å². The fraction of sp³-hybridized carbons (Fsp3) is 0.200. The average Bonchev–Trinajstić information content (AvgIpc) is 2.71. The number of hydrogen-bond acceptors (Lipinski definition) is 7. The summed E-state index contributed by atoms with van der Waals surface area (Å²) in [4.78, 5) is 9.16. The van der Waals surface area contributed by atoms with Crippen molar-refractivity contribution in [3.05, 3.63) is 54.7 Å². The Morgan fingerprint density at radius 1 is 1.00 bits per heavy atom. The molecule has 29 heavy (non-hydrogen) atoms. The lowest BCUT2D eigenvalue weighted by Crippen LogP contribution is -2.25. The summed E-state index contributed by atoms with van der Waals surface area (Å²) in [6.45, 7) is 0.996. The highest BCUT2D eigenvalue weighted by atomic mass is 32.2. The average molecular weight is 411 g/mol. The summed E-state index contributed by atoms with van der Waals surface area (Å²) in [5.74, 6) is 1.22. The van der Waals surface area contributed by atoms with E-state index in [1.807, 2.05) is 12.1 Å². The molecular formula is C20H21N5O3S. The van der Waals surface area contributed by atoms with Gasteiger partial charge in [0, 0.05) is 30.5 Å². The fourth-order valence-electron chi connectivity index (χ4n) is 3.05. The van der Waals surface area contributed by atoms with Crippen LogP contribution in [0.2, 0.25) is 0 Å². The van der Waals surface area contributed by atoms with Crippen LogP contribution < -0.4 is 15.4 Å². The van der Waals surface area contributed by atoms with Crippen molar-refractivity contribution in [1.82, 2.24) is 14.7 Å². The Labute approximate surface area is 169 Å². The molecule has 0 fully saturated rings. The molecule has 2 heterocycles. The smallest absolute Gasteiger partial charge is 0.240 e. The van der Waals surface area contributed by atoms with E-state index in [9.17, 15) is 13.5 Å². The van der Waals surface area contributed by atoms with E-state index in [4.69, 9.17) is 0 Å². The summed E-state index contributed by atoms with van der Waals surface area (Å²) in [7, 11) is -3.56. The van der Waals surface area contributed by atoms with E-state index in [1.165, 1.54) is 0 Å². The molecule has 0 amide bonds. The van der Waals surface area contributed by atoms with Crippen LogP contribution in [0, 0.1) is 0 Å². The van der Waals surface area contributed by atoms with Crippen LogP contribution in [-0.4, -0.2) is 36.6 Å². The Hall–Kier alpha value is -3.17. The number of sulfonamides is 1. The maximum Gasteiger partial charge on any atom is 0.240 e. The monoisotopic (exact) mass is 411 g/mol. The first-order chi connectivity index (χ1) is 14.0. The summed E-state index contributed by atoms with van der Waals surface area (Å²) in [5.41, 5.74) is 2.28. The number of aromatic hydroxyl groups is 1. The van der Waals surface area contributed by atoms with Crippen LogP contribution >= 0.6 is 0 Å². The van der Waals surface area contributed by atoms with Crippen LogP contribution in [-0.2, 0) is 10.0 Å². The quantitative estimate of drug-likeness (QED) is 0.486. The van der Waals surface area contributed by atoms with Gasteiger partial charge in [0.25, 0.3) is 0 Å². The van der Waals surface area contributed by atoms with Gasteiger partial charge in [0.15, 0.2) is 0 Å². The summed E-state index contributed by atoms with van der Waals surface area (Å²) in [6.07, 6.45) is 3.17. The molecule has 0 saturated heterocycles. The van der Waals surface area contributed by atoms with E-state index in [0.717, 1.165) is 17.5 Å². The molecule has 1 aliphatic heterocycles. The van der Waals surface area contributed by atoms with E-state index < -0.39 is 10.0 Å². The minimum absolute atomic E-state index is 0.193. The van der Waals surface area contributed by atoms with Crippen LogP contribution in [0.3, 0.4) is 0 Å². The van der Waals surface area contributed by atoms with Gasteiger partial charge >= 0.3 is 0 Å². The van der Waals surface area contributed by atoms with Crippen LogP contribution in [0.15, 0.2) is 59.6 Å². The predicted molar refractivity (Wildman–Crippen MR) is 112 cm³/mol. The van der Waals surface area contributed by atoms with Gasteiger partial charge in [-0.3, -0.25) is 0 Å². The number of benzene rings is 2. The minimum atomic E-state index is -3.56. The lowest BCUT2D eigenvalue weighted by Gasteiger charge is -2.15. The number of phenols is 1. The standard InChI is InChI=1S/C20H21N5O3S/c26-16-8-6-14(7-9-16)18-13-22-20-24-15-4-3-5-17(12-15)29(27,28)23-11-2-1-10-21-19(18)25-20/h3-9,12-13,23,26H,1-2,10-11H2,(H2,21,22,24,25). The van der Waals surface area contributed by atoms with Gasteiger partial charge < -0.3 is 15.7 Å². The van der Waals surface area contributed by atoms with Crippen molar-refractivity contribution in [2.75, 3.05) is 23.7 Å². The lowest BCUT2D eigenvalue weighted by atomic mass is 10.1. The largest absolute Gasteiger partial charge is 0.508 e. The summed E-state index contributed by atoms with van der Waals surface area (Å²) >= 11 is 0. The molecule has 1 aliphatic rings. The zero-order chi connectivity index (χ0) is 20.3. The van der Waals surface area contributed by atoms with Crippen molar-refractivity contribution < 1.29 is 13.5 Å². The second kappa shape index (κ2) is 8.06. The number of nitrogens with zero attached hydrogens (tertiary/aromatic N) is 2. The molecule has 0 aliphatic carbocycles. The van der Waals surface area contributed by atoms with E-state index in [-0.39, 0.29) is 10.6 Å². The van der Waals surface area contributed by atoms with Gasteiger partial charge in [-0.1, -0.05) is 18.2 Å². The number of rotatable bonds is 1. The maximum atomic E-state index is 12.4. The SMILES string of the molecule is O=S1(=O)NCCCCNc2nc(ncc2-c2ccc(O)cc2)Nc2cccc1c2. The number of hydrogen-bond donors (Lipinski definition) is 4. The van der Waals surface area contributed by atoms with Crippen LogP contribution in [0.25, 0.3) is 11.1 Å². The highest BCUT2D eigenvalue weighted by Gasteiger charge is 2.15. The van der Waals surface area contributed by atoms with Gasteiger partial charge in [-0.25, -0.2) is 18.1 Å². The molecule has 0 spiro atoms.